The zero-order chi connectivity index (χ0) is 24.9. The SMILES string of the molecule is COc1cc(C=C2SC(=S)N(c3cccc(Br)c3)C2=O)ccc1OCC(=O)Nc1cccc(C)c1. The van der Waals surface area contributed by atoms with Gasteiger partial charge in [0, 0.05) is 10.2 Å². The Kier molecular flexibility index (Phi) is 7.90. The number of hydrogen-bond donors (Lipinski definition) is 1. The molecule has 0 bridgehead atoms. The summed E-state index contributed by atoms with van der Waals surface area (Å²) in [6, 6.07) is 20.2. The minimum atomic E-state index is -0.280. The van der Waals surface area contributed by atoms with Crippen LogP contribution in [0.3, 0.4) is 0 Å². The lowest BCUT2D eigenvalue weighted by atomic mass is 10.2. The highest BCUT2D eigenvalue weighted by atomic mass is 79.9. The predicted molar refractivity (Wildman–Crippen MR) is 148 cm³/mol. The van der Waals surface area contributed by atoms with Gasteiger partial charge in [0.15, 0.2) is 22.4 Å². The fourth-order valence-electron chi connectivity index (χ4n) is 3.41. The molecule has 1 saturated heterocycles. The minimum absolute atomic E-state index is 0.172. The first-order chi connectivity index (χ1) is 16.8. The van der Waals surface area contributed by atoms with Gasteiger partial charge in [-0.2, -0.15) is 0 Å². The molecule has 6 nitrogen and oxygen atoms in total. The normalized spacial score (nSPS) is 14.4. The highest BCUT2D eigenvalue weighted by Crippen LogP contribution is 2.37. The van der Waals surface area contributed by atoms with E-state index in [9.17, 15) is 9.59 Å². The van der Waals surface area contributed by atoms with Crippen LogP contribution in [0.15, 0.2) is 76.1 Å². The summed E-state index contributed by atoms with van der Waals surface area (Å²) in [4.78, 5) is 27.3. The maximum atomic E-state index is 13.0. The molecular weight excluding hydrogens is 548 g/mol. The molecule has 3 aromatic rings. The van der Waals surface area contributed by atoms with Crippen LogP contribution >= 0.6 is 39.9 Å². The molecule has 0 aliphatic carbocycles. The molecule has 35 heavy (non-hydrogen) atoms. The number of amides is 2. The molecule has 0 atom stereocenters. The minimum Gasteiger partial charge on any atom is -0.493 e. The van der Waals surface area contributed by atoms with E-state index in [0.717, 1.165) is 15.6 Å². The smallest absolute Gasteiger partial charge is 0.270 e. The number of thiocarbonyl (C=S) groups is 1. The first-order valence-electron chi connectivity index (χ1n) is 10.5. The molecule has 1 aliphatic rings. The second kappa shape index (κ2) is 11.1. The van der Waals surface area contributed by atoms with E-state index in [-0.39, 0.29) is 18.4 Å². The number of anilines is 2. The molecule has 9 heteroatoms. The average Bonchev–Trinajstić information content (AvgIpc) is 3.10. The second-order valence-corrected chi connectivity index (χ2v) is 10.2. The third-order valence-electron chi connectivity index (χ3n) is 5.01. The van der Waals surface area contributed by atoms with Gasteiger partial charge in [-0.05, 0) is 66.6 Å². The molecule has 2 amide bonds. The molecule has 1 aliphatic heterocycles. The van der Waals surface area contributed by atoms with Crippen molar-refractivity contribution in [2.45, 2.75) is 6.92 Å². The van der Waals surface area contributed by atoms with Gasteiger partial charge in [0.05, 0.1) is 17.7 Å². The molecule has 0 saturated carbocycles. The third-order valence-corrected chi connectivity index (χ3v) is 6.80. The summed E-state index contributed by atoms with van der Waals surface area (Å²) in [6.45, 7) is 1.78. The first kappa shape index (κ1) is 25.0. The Morgan fingerprint density at radius 3 is 2.66 bits per heavy atom. The van der Waals surface area contributed by atoms with Crippen molar-refractivity contribution in [1.82, 2.24) is 0 Å². The number of benzene rings is 3. The van der Waals surface area contributed by atoms with Crippen LogP contribution in [0, 0.1) is 6.92 Å². The fraction of sp³-hybridized carbons (Fsp3) is 0.115. The zero-order valence-electron chi connectivity index (χ0n) is 18.9. The van der Waals surface area contributed by atoms with Crippen molar-refractivity contribution in [1.29, 1.82) is 0 Å². The highest BCUT2D eigenvalue weighted by Gasteiger charge is 2.33. The topological polar surface area (TPSA) is 67.9 Å². The number of rotatable bonds is 7. The largest absolute Gasteiger partial charge is 0.493 e. The van der Waals surface area contributed by atoms with Crippen LogP contribution in [0.2, 0.25) is 0 Å². The van der Waals surface area contributed by atoms with E-state index in [0.29, 0.717) is 32.1 Å². The Morgan fingerprint density at radius 1 is 1.11 bits per heavy atom. The van der Waals surface area contributed by atoms with Crippen LogP contribution in [0.5, 0.6) is 11.5 Å². The van der Waals surface area contributed by atoms with Crippen LogP contribution in [0.25, 0.3) is 6.08 Å². The van der Waals surface area contributed by atoms with E-state index in [1.807, 2.05) is 55.5 Å². The Labute approximate surface area is 221 Å². The molecule has 0 aromatic heterocycles. The van der Waals surface area contributed by atoms with Gasteiger partial charge in [-0.1, -0.05) is 64.2 Å². The van der Waals surface area contributed by atoms with Crippen LogP contribution in [0.1, 0.15) is 11.1 Å². The second-order valence-electron chi connectivity index (χ2n) is 7.61. The molecule has 3 aromatic carbocycles. The molecular formula is C26H21BrN2O4S2. The van der Waals surface area contributed by atoms with Crippen molar-refractivity contribution in [2.75, 3.05) is 23.9 Å². The highest BCUT2D eigenvalue weighted by molar-refractivity contribution is 9.10. The summed E-state index contributed by atoms with van der Waals surface area (Å²) in [7, 11) is 1.52. The Hall–Kier alpha value is -3.14. The number of nitrogens with one attached hydrogen (secondary N) is 1. The van der Waals surface area contributed by atoms with Crippen molar-refractivity contribution in [3.05, 3.63) is 87.2 Å². The number of thioether (sulfide) groups is 1. The predicted octanol–water partition coefficient (Wildman–Crippen LogP) is 6.19. The van der Waals surface area contributed by atoms with Gasteiger partial charge in [0.2, 0.25) is 0 Å². The Bertz CT molecular complexity index is 1340. The van der Waals surface area contributed by atoms with Crippen molar-refractivity contribution < 1.29 is 19.1 Å². The summed E-state index contributed by atoms with van der Waals surface area (Å²) in [6.07, 6.45) is 1.76. The number of ether oxygens (including phenoxy) is 2. The maximum Gasteiger partial charge on any atom is 0.270 e. The number of carbonyl (C=O) groups is 2. The summed E-state index contributed by atoms with van der Waals surface area (Å²) in [5.74, 6) is 0.401. The first-order valence-corrected chi connectivity index (χ1v) is 12.6. The van der Waals surface area contributed by atoms with Crippen LogP contribution < -0.4 is 19.7 Å². The molecule has 0 spiro atoms. The molecule has 1 heterocycles. The van der Waals surface area contributed by atoms with E-state index in [1.54, 1.807) is 24.3 Å². The number of nitrogens with zero attached hydrogens (tertiary/aromatic N) is 1. The summed E-state index contributed by atoms with van der Waals surface area (Å²) < 4.78 is 12.5. The summed E-state index contributed by atoms with van der Waals surface area (Å²) in [5, 5.41) is 2.81. The van der Waals surface area contributed by atoms with Gasteiger partial charge < -0.3 is 14.8 Å². The fourth-order valence-corrected chi connectivity index (χ4v) is 5.10. The van der Waals surface area contributed by atoms with Crippen molar-refractivity contribution in [3.63, 3.8) is 0 Å². The molecule has 4 rings (SSSR count). The van der Waals surface area contributed by atoms with Gasteiger partial charge in [-0.3, -0.25) is 14.5 Å². The summed E-state index contributed by atoms with van der Waals surface area (Å²) >= 11 is 10.1. The monoisotopic (exact) mass is 568 g/mol. The van der Waals surface area contributed by atoms with E-state index >= 15 is 0 Å². The number of hydrogen-bond acceptors (Lipinski definition) is 6. The molecule has 1 fully saturated rings. The Balaban J connectivity index is 1.45. The number of carbonyl (C=O) groups excluding carboxylic acids is 2. The van der Waals surface area contributed by atoms with Crippen LogP contribution in [-0.2, 0) is 9.59 Å². The van der Waals surface area contributed by atoms with Crippen molar-refractivity contribution in [2.24, 2.45) is 0 Å². The van der Waals surface area contributed by atoms with E-state index in [1.165, 1.54) is 23.8 Å². The Morgan fingerprint density at radius 2 is 1.91 bits per heavy atom. The lowest BCUT2D eigenvalue weighted by molar-refractivity contribution is -0.118. The molecule has 1 N–H and O–H groups in total. The number of methoxy groups -OCH3 is 1. The lowest BCUT2D eigenvalue weighted by Gasteiger charge is -2.14. The van der Waals surface area contributed by atoms with Crippen molar-refractivity contribution >= 4 is 73.5 Å². The zero-order valence-corrected chi connectivity index (χ0v) is 22.1. The number of halogens is 1. The maximum absolute atomic E-state index is 13.0. The van der Waals surface area contributed by atoms with Gasteiger partial charge >= 0.3 is 0 Å². The third kappa shape index (κ3) is 6.11. The van der Waals surface area contributed by atoms with E-state index < -0.39 is 0 Å². The van der Waals surface area contributed by atoms with Crippen molar-refractivity contribution in [3.8, 4) is 11.5 Å². The van der Waals surface area contributed by atoms with Gasteiger partial charge in [-0.15, -0.1) is 0 Å². The molecule has 0 radical (unpaired) electrons. The van der Waals surface area contributed by atoms with Gasteiger partial charge in [0.25, 0.3) is 11.8 Å². The van der Waals surface area contributed by atoms with E-state index in [4.69, 9.17) is 21.7 Å². The number of aryl methyl sites for hydroxylation is 1. The van der Waals surface area contributed by atoms with Gasteiger partial charge in [-0.25, -0.2) is 0 Å². The van der Waals surface area contributed by atoms with E-state index in [2.05, 4.69) is 21.2 Å². The van der Waals surface area contributed by atoms with Crippen LogP contribution in [-0.4, -0.2) is 29.9 Å². The standard InChI is InChI=1S/C26H21BrN2O4S2/c1-16-5-3-7-19(11-16)28-24(30)15-33-21-10-9-17(12-22(21)32-2)13-23-25(31)29(26(34)35-23)20-8-4-6-18(27)14-20/h3-14H,15H2,1-2H3,(H,28,30). The average molecular weight is 570 g/mol. The lowest BCUT2D eigenvalue weighted by Crippen LogP contribution is -2.27. The van der Waals surface area contributed by atoms with Crippen LogP contribution in [0.4, 0.5) is 11.4 Å². The quantitative estimate of drug-likeness (QED) is 0.271. The van der Waals surface area contributed by atoms with Gasteiger partial charge in [0.1, 0.15) is 0 Å². The summed E-state index contributed by atoms with van der Waals surface area (Å²) in [5.41, 5.74) is 3.21. The molecule has 178 valence electrons. The molecule has 0 unspecified atom stereocenters.